The van der Waals surface area contributed by atoms with Crippen LogP contribution in [0.5, 0.6) is 6.01 Å². The van der Waals surface area contributed by atoms with Crippen LogP contribution in [-0.2, 0) is 11.0 Å². The van der Waals surface area contributed by atoms with Crippen molar-refractivity contribution in [2.75, 3.05) is 50.5 Å². The highest BCUT2D eigenvalue weighted by molar-refractivity contribution is 6.34. The maximum atomic E-state index is 14.1. The average Bonchev–Trinajstić information content (AvgIpc) is 3.30. The van der Waals surface area contributed by atoms with Gasteiger partial charge in [0.15, 0.2) is 0 Å². The first-order valence-corrected chi connectivity index (χ1v) is 13.9. The van der Waals surface area contributed by atoms with Gasteiger partial charge in [0, 0.05) is 49.6 Å². The molecule has 2 atom stereocenters. The lowest BCUT2D eigenvalue weighted by Gasteiger charge is -2.40. The molecule has 4 heterocycles. The third-order valence-electron chi connectivity index (χ3n) is 7.94. The molecule has 220 valence electrons. The molecule has 1 amide bonds. The van der Waals surface area contributed by atoms with Crippen LogP contribution in [0.2, 0.25) is 5.02 Å². The van der Waals surface area contributed by atoms with Crippen molar-refractivity contribution in [3.63, 3.8) is 0 Å². The highest BCUT2D eigenvalue weighted by atomic mass is 35.5. The Morgan fingerprint density at radius 3 is 2.56 bits per heavy atom. The number of hydrogen-bond donors (Lipinski definition) is 1. The third-order valence-corrected chi connectivity index (χ3v) is 8.25. The molecule has 2 unspecified atom stereocenters. The molecule has 2 N–H and O–H groups in total. The molecule has 2 fully saturated rings. The Morgan fingerprint density at radius 2 is 1.93 bits per heavy atom. The molecule has 2 aliphatic rings. The van der Waals surface area contributed by atoms with Crippen LogP contribution in [0.15, 0.2) is 18.2 Å². The van der Waals surface area contributed by atoms with E-state index in [4.69, 9.17) is 27.1 Å². The molecule has 0 aliphatic carbocycles. The molecule has 41 heavy (non-hydrogen) atoms. The van der Waals surface area contributed by atoms with E-state index in [2.05, 4.69) is 19.8 Å². The van der Waals surface area contributed by atoms with E-state index in [1.54, 1.807) is 11.0 Å². The summed E-state index contributed by atoms with van der Waals surface area (Å²) in [5.41, 5.74) is 4.97. The summed E-state index contributed by atoms with van der Waals surface area (Å²) in [4.78, 5) is 31.5. The van der Waals surface area contributed by atoms with Gasteiger partial charge in [0.05, 0.1) is 21.8 Å². The molecule has 2 saturated heterocycles. The number of rotatable bonds is 5. The first-order chi connectivity index (χ1) is 19.3. The fraction of sp³-hybridized carbons (Fsp3) is 0.500. The number of likely N-dealkylation sites (tertiary alicyclic amines) is 1. The lowest BCUT2D eigenvalue weighted by molar-refractivity contribution is -0.137. The molecule has 3 aromatic rings. The van der Waals surface area contributed by atoms with Crippen LogP contribution >= 0.6 is 11.6 Å². The number of carbonyl (C=O) groups is 1. The van der Waals surface area contributed by atoms with Crippen LogP contribution in [0.3, 0.4) is 0 Å². The number of halogens is 4. The molecular formula is C28H33ClF3N7O2. The lowest BCUT2D eigenvalue weighted by atomic mass is 9.99. The zero-order valence-electron chi connectivity index (χ0n) is 23.4. The minimum absolute atomic E-state index is 0.00756. The number of alkyl halides is 3. The van der Waals surface area contributed by atoms with Gasteiger partial charge in [-0.2, -0.15) is 23.1 Å². The van der Waals surface area contributed by atoms with Crippen LogP contribution in [0.25, 0.3) is 22.2 Å². The summed E-state index contributed by atoms with van der Waals surface area (Å²) in [6.07, 6.45) is -2.62. The van der Waals surface area contributed by atoms with Gasteiger partial charge < -0.3 is 25.2 Å². The van der Waals surface area contributed by atoms with E-state index in [9.17, 15) is 18.0 Å². The van der Waals surface area contributed by atoms with Gasteiger partial charge in [0.2, 0.25) is 5.91 Å². The number of anilines is 2. The SMILES string of the molecule is CC(=O)N1CCN(c2nc(OCC3CCCN3C)nc3cc(-c4nc(N)cc(C)c4C(F)(F)F)c(Cl)cc23)C(C)C1. The van der Waals surface area contributed by atoms with Crippen molar-refractivity contribution in [3.05, 3.63) is 34.3 Å². The number of likely N-dealkylation sites (N-methyl/N-ethyl adjacent to an activating group) is 1. The molecule has 2 aromatic heterocycles. The van der Waals surface area contributed by atoms with Crippen molar-refractivity contribution in [1.82, 2.24) is 24.8 Å². The van der Waals surface area contributed by atoms with Crippen LogP contribution in [-0.4, -0.2) is 82.6 Å². The fourth-order valence-corrected chi connectivity index (χ4v) is 6.00. The zero-order chi connectivity index (χ0) is 29.6. The number of nitrogen functional groups attached to an aromatic ring is 1. The number of carbonyl (C=O) groups excluding carboxylic acids is 1. The van der Waals surface area contributed by atoms with Crippen molar-refractivity contribution in [3.8, 4) is 17.3 Å². The summed E-state index contributed by atoms with van der Waals surface area (Å²) < 4.78 is 48.5. The molecule has 2 aliphatic heterocycles. The van der Waals surface area contributed by atoms with Crippen molar-refractivity contribution in [1.29, 1.82) is 0 Å². The van der Waals surface area contributed by atoms with Gasteiger partial charge in [-0.25, -0.2) is 4.98 Å². The van der Waals surface area contributed by atoms with E-state index in [0.29, 0.717) is 43.0 Å². The van der Waals surface area contributed by atoms with E-state index in [-0.39, 0.29) is 51.7 Å². The minimum Gasteiger partial charge on any atom is -0.462 e. The number of amides is 1. The van der Waals surface area contributed by atoms with Crippen LogP contribution in [0.1, 0.15) is 37.8 Å². The second kappa shape index (κ2) is 11.1. The van der Waals surface area contributed by atoms with Crippen molar-refractivity contribution in [2.24, 2.45) is 0 Å². The average molecular weight is 592 g/mol. The Kier molecular flexibility index (Phi) is 7.90. The van der Waals surface area contributed by atoms with E-state index >= 15 is 0 Å². The van der Waals surface area contributed by atoms with Crippen molar-refractivity contribution >= 4 is 40.0 Å². The third kappa shape index (κ3) is 5.85. The Balaban J connectivity index is 1.64. The fourth-order valence-electron chi connectivity index (χ4n) is 5.75. The number of aromatic nitrogens is 3. The minimum atomic E-state index is -4.68. The predicted molar refractivity (Wildman–Crippen MR) is 152 cm³/mol. The lowest BCUT2D eigenvalue weighted by Crippen LogP contribution is -2.53. The Morgan fingerprint density at radius 1 is 1.17 bits per heavy atom. The zero-order valence-corrected chi connectivity index (χ0v) is 24.2. The second-order valence-electron chi connectivity index (χ2n) is 10.9. The van der Waals surface area contributed by atoms with E-state index in [0.717, 1.165) is 19.4 Å². The number of nitrogens with two attached hydrogens (primary N) is 1. The van der Waals surface area contributed by atoms with Gasteiger partial charge in [-0.05, 0) is 64.0 Å². The maximum Gasteiger partial charge on any atom is 0.418 e. The first-order valence-electron chi connectivity index (χ1n) is 13.5. The summed E-state index contributed by atoms with van der Waals surface area (Å²) in [5, 5.41) is 0.614. The number of hydrogen-bond acceptors (Lipinski definition) is 8. The number of fused-ring (bicyclic) bond motifs is 1. The van der Waals surface area contributed by atoms with Crippen molar-refractivity contribution < 1.29 is 22.7 Å². The van der Waals surface area contributed by atoms with Gasteiger partial charge >= 0.3 is 12.2 Å². The number of pyridine rings is 1. The van der Waals surface area contributed by atoms with Crippen LogP contribution < -0.4 is 15.4 Å². The number of benzene rings is 1. The van der Waals surface area contributed by atoms with E-state index in [1.807, 2.05) is 14.0 Å². The molecule has 0 bridgehead atoms. The van der Waals surface area contributed by atoms with Crippen molar-refractivity contribution in [2.45, 2.75) is 51.9 Å². The molecule has 1 aromatic carbocycles. The van der Waals surface area contributed by atoms with Gasteiger partial charge in [0.1, 0.15) is 18.2 Å². The topological polar surface area (TPSA) is 101 Å². The molecule has 5 rings (SSSR count). The molecule has 0 spiro atoms. The first kappa shape index (κ1) is 29.1. The highest BCUT2D eigenvalue weighted by Gasteiger charge is 2.37. The molecular weight excluding hydrogens is 559 g/mol. The Hall–Kier alpha value is -3.38. The standard InChI is InChI=1S/C28H33ClF3N7O2/c1-15-10-23(33)35-25(24(15)28(30,31)32)19-12-22-20(11-21(19)29)26(39-9-8-38(17(3)40)13-16(39)2)36-27(34-22)41-14-18-6-5-7-37(18)4/h10-12,16,18H,5-9,13-14H2,1-4H3,(H2,33,35). The number of nitrogens with zero attached hydrogens (tertiary/aromatic N) is 6. The largest absolute Gasteiger partial charge is 0.462 e. The molecule has 0 radical (unpaired) electrons. The van der Waals surface area contributed by atoms with Gasteiger partial charge in [0.25, 0.3) is 0 Å². The smallest absolute Gasteiger partial charge is 0.418 e. The second-order valence-corrected chi connectivity index (χ2v) is 11.3. The van der Waals surface area contributed by atoms with Gasteiger partial charge in [-0.3, -0.25) is 4.79 Å². The van der Waals surface area contributed by atoms with E-state index in [1.165, 1.54) is 26.0 Å². The highest BCUT2D eigenvalue weighted by Crippen LogP contribution is 2.43. The summed E-state index contributed by atoms with van der Waals surface area (Å²) in [6, 6.07) is 4.49. The summed E-state index contributed by atoms with van der Waals surface area (Å²) >= 11 is 6.67. The predicted octanol–water partition coefficient (Wildman–Crippen LogP) is 4.78. The van der Waals surface area contributed by atoms with Crippen LogP contribution in [0, 0.1) is 6.92 Å². The van der Waals surface area contributed by atoms with E-state index < -0.39 is 11.7 Å². The number of aryl methyl sites for hydroxylation is 1. The number of ether oxygens (including phenoxy) is 1. The summed E-state index contributed by atoms with van der Waals surface area (Å²) in [6.45, 7) is 7.73. The molecule has 0 saturated carbocycles. The van der Waals surface area contributed by atoms with Gasteiger partial charge in [-0.1, -0.05) is 11.6 Å². The normalized spacial score (nSPS) is 20.2. The summed E-state index contributed by atoms with van der Waals surface area (Å²) in [7, 11) is 2.04. The van der Waals surface area contributed by atoms with Crippen LogP contribution in [0.4, 0.5) is 24.8 Å². The monoisotopic (exact) mass is 591 g/mol. The van der Waals surface area contributed by atoms with Gasteiger partial charge in [-0.15, -0.1) is 0 Å². The maximum absolute atomic E-state index is 14.1. The summed E-state index contributed by atoms with van der Waals surface area (Å²) in [5.74, 6) is 0.487. The number of piperazine rings is 1. The quantitative estimate of drug-likeness (QED) is 0.452. The molecule has 13 heteroatoms. The Labute approximate surface area is 241 Å². The molecule has 9 nitrogen and oxygen atoms in total. The Bertz CT molecular complexity index is 1490.